The quantitative estimate of drug-likeness (QED) is 0.829. The second kappa shape index (κ2) is 7.07. The molecule has 2 aromatic rings. The summed E-state index contributed by atoms with van der Waals surface area (Å²) in [4.78, 5) is 0. The van der Waals surface area contributed by atoms with Crippen molar-refractivity contribution < 1.29 is 19.3 Å². The van der Waals surface area contributed by atoms with E-state index in [1.54, 1.807) is 24.3 Å². The second-order valence-corrected chi connectivity index (χ2v) is 5.28. The summed E-state index contributed by atoms with van der Waals surface area (Å²) in [7, 11) is 0. The van der Waals surface area contributed by atoms with Gasteiger partial charge in [-0.2, -0.15) is 0 Å². The number of fused-ring (bicyclic) bond motifs is 1. The van der Waals surface area contributed by atoms with Crippen LogP contribution in [0.1, 0.15) is 18.4 Å². The van der Waals surface area contributed by atoms with Crippen molar-refractivity contribution in [1.29, 1.82) is 0 Å². The zero-order valence-corrected chi connectivity index (χ0v) is 12.5. The number of rotatable bonds is 6. The van der Waals surface area contributed by atoms with Gasteiger partial charge in [-0.05, 0) is 61.2 Å². The number of hydrogen-bond donors (Lipinski definition) is 1. The molecule has 0 unspecified atom stereocenters. The van der Waals surface area contributed by atoms with Gasteiger partial charge >= 0.3 is 0 Å². The monoisotopic (exact) mass is 300 g/mol. The molecule has 0 radical (unpaired) electrons. The molecule has 1 N–H and O–H groups in total. The number of aryl methyl sites for hydroxylation is 1. The van der Waals surface area contributed by atoms with Gasteiger partial charge in [0.2, 0.25) is 0 Å². The molecule has 0 atom stereocenters. The van der Waals surface area contributed by atoms with Crippen LogP contribution in [0.4, 0.5) is 0 Å². The number of hydrogen-bond acceptors (Lipinski definition) is 4. The maximum atomic E-state index is 9.20. The molecule has 1 aliphatic rings. The average Bonchev–Trinajstić information content (AvgIpc) is 2.56. The predicted molar refractivity (Wildman–Crippen MR) is 84.0 cm³/mol. The third-order valence-corrected chi connectivity index (χ3v) is 3.57. The van der Waals surface area contributed by atoms with Crippen molar-refractivity contribution in [1.82, 2.24) is 0 Å². The lowest BCUT2D eigenvalue weighted by atomic mass is 10.1. The second-order valence-electron chi connectivity index (χ2n) is 5.28. The Morgan fingerprint density at radius 2 is 1.68 bits per heavy atom. The highest BCUT2D eigenvalue weighted by Gasteiger charge is 2.11. The molecule has 0 amide bonds. The largest absolute Gasteiger partial charge is 0.508 e. The first-order valence-electron chi connectivity index (χ1n) is 7.61. The van der Waals surface area contributed by atoms with E-state index in [9.17, 15) is 5.11 Å². The molecule has 3 rings (SSSR count). The third kappa shape index (κ3) is 3.85. The topological polar surface area (TPSA) is 47.9 Å². The fourth-order valence-corrected chi connectivity index (χ4v) is 2.41. The van der Waals surface area contributed by atoms with Crippen molar-refractivity contribution in [3.05, 3.63) is 48.0 Å². The molecule has 0 spiro atoms. The van der Waals surface area contributed by atoms with E-state index in [1.165, 1.54) is 5.56 Å². The summed E-state index contributed by atoms with van der Waals surface area (Å²) in [5.74, 6) is 2.73. The molecule has 4 nitrogen and oxygen atoms in total. The normalized spacial score (nSPS) is 12.9. The van der Waals surface area contributed by atoms with Crippen LogP contribution >= 0.6 is 0 Å². The van der Waals surface area contributed by atoms with Gasteiger partial charge in [0.1, 0.15) is 24.7 Å². The Kier molecular flexibility index (Phi) is 4.68. The summed E-state index contributed by atoms with van der Waals surface area (Å²) in [5.41, 5.74) is 1.26. The number of phenolic OH excluding ortho intramolecular Hbond substituents is 1. The molecule has 0 bridgehead atoms. The van der Waals surface area contributed by atoms with Crippen molar-refractivity contribution >= 4 is 0 Å². The Morgan fingerprint density at radius 1 is 0.909 bits per heavy atom. The smallest absolute Gasteiger partial charge is 0.161 e. The summed E-state index contributed by atoms with van der Waals surface area (Å²) in [6.07, 6.45) is 3.03. The van der Waals surface area contributed by atoms with Crippen LogP contribution in [0.3, 0.4) is 0 Å². The lowest BCUT2D eigenvalue weighted by molar-refractivity contribution is 0.171. The molecule has 1 heterocycles. The summed E-state index contributed by atoms with van der Waals surface area (Å²) in [5, 5.41) is 9.20. The fraction of sp³-hybridized carbons (Fsp3) is 0.333. The van der Waals surface area contributed by atoms with Gasteiger partial charge in [-0.15, -0.1) is 0 Å². The van der Waals surface area contributed by atoms with Crippen LogP contribution in [-0.4, -0.2) is 24.9 Å². The molecule has 4 heteroatoms. The zero-order valence-electron chi connectivity index (χ0n) is 12.5. The van der Waals surface area contributed by atoms with Crippen LogP contribution in [-0.2, 0) is 6.42 Å². The number of ether oxygens (including phenoxy) is 3. The van der Waals surface area contributed by atoms with E-state index in [2.05, 4.69) is 12.1 Å². The van der Waals surface area contributed by atoms with Gasteiger partial charge in [0, 0.05) is 0 Å². The molecular formula is C18H20O4. The third-order valence-electron chi connectivity index (χ3n) is 3.57. The predicted octanol–water partition coefficient (Wildman–Crippen LogP) is 3.57. The highest BCUT2D eigenvalue weighted by atomic mass is 16.6. The van der Waals surface area contributed by atoms with E-state index in [-0.39, 0.29) is 5.75 Å². The van der Waals surface area contributed by atoms with Gasteiger partial charge < -0.3 is 19.3 Å². The first-order valence-corrected chi connectivity index (χ1v) is 7.61. The lowest BCUT2D eigenvalue weighted by Crippen LogP contribution is -2.15. The van der Waals surface area contributed by atoms with Crippen molar-refractivity contribution in [2.45, 2.75) is 19.3 Å². The molecule has 0 fully saturated rings. The molecule has 0 aliphatic carbocycles. The van der Waals surface area contributed by atoms with Gasteiger partial charge in [-0.25, -0.2) is 0 Å². The van der Waals surface area contributed by atoms with Gasteiger partial charge in [0.15, 0.2) is 11.5 Å². The van der Waals surface area contributed by atoms with Gasteiger partial charge in [0.25, 0.3) is 0 Å². The average molecular weight is 300 g/mol. The SMILES string of the molecule is Oc1ccc(OCCCCc2ccc3c(c2)OCCO3)cc1. The molecule has 2 aromatic carbocycles. The maximum Gasteiger partial charge on any atom is 0.161 e. The van der Waals surface area contributed by atoms with Crippen molar-refractivity contribution in [2.24, 2.45) is 0 Å². The highest BCUT2D eigenvalue weighted by Crippen LogP contribution is 2.31. The first kappa shape index (κ1) is 14.6. The number of phenols is 1. The summed E-state index contributed by atoms with van der Waals surface area (Å²) in [6.45, 7) is 1.92. The first-order chi connectivity index (χ1) is 10.8. The van der Waals surface area contributed by atoms with Crippen molar-refractivity contribution in [2.75, 3.05) is 19.8 Å². The number of unbranched alkanes of at least 4 members (excludes halogenated alkanes) is 1. The molecule has 22 heavy (non-hydrogen) atoms. The van der Waals surface area contributed by atoms with E-state index >= 15 is 0 Å². The number of benzene rings is 2. The lowest BCUT2D eigenvalue weighted by Gasteiger charge is -2.18. The van der Waals surface area contributed by atoms with Crippen LogP contribution < -0.4 is 14.2 Å². The minimum atomic E-state index is 0.256. The van der Waals surface area contributed by atoms with Gasteiger partial charge in [-0.3, -0.25) is 0 Å². The van der Waals surface area contributed by atoms with Crippen LogP contribution in [0.15, 0.2) is 42.5 Å². The minimum absolute atomic E-state index is 0.256. The Balaban J connectivity index is 1.40. The molecular weight excluding hydrogens is 280 g/mol. The van der Waals surface area contributed by atoms with Crippen LogP contribution in [0.2, 0.25) is 0 Å². The Morgan fingerprint density at radius 3 is 2.50 bits per heavy atom. The number of aromatic hydroxyl groups is 1. The van der Waals surface area contributed by atoms with E-state index in [1.807, 2.05) is 6.07 Å². The minimum Gasteiger partial charge on any atom is -0.508 e. The summed E-state index contributed by atoms with van der Waals surface area (Å²) >= 11 is 0. The fourth-order valence-electron chi connectivity index (χ4n) is 2.41. The zero-order chi connectivity index (χ0) is 15.2. The highest BCUT2D eigenvalue weighted by molar-refractivity contribution is 5.43. The summed E-state index contributed by atoms with van der Waals surface area (Å²) in [6, 6.07) is 12.9. The maximum absolute atomic E-state index is 9.20. The molecule has 0 saturated carbocycles. The molecule has 0 aromatic heterocycles. The van der Waals surface area contributed by atoms with Crippen LogP contribution in [0, 0.1) is 0 Å². The van der Waals surface area contributed by atoms with Crippen LogP contribution in [0.5, 0.6) is 23.0 Å². The van der Waals surface area contributed by atoms with Crippen LogP contribution in [0.25, 0.3) is 0 Å². The van der Waals surface area contributed by atoms with E-state index in [4.69, 9.17) is 14.2 Å². The molecule has 116 valence electrons. The standard InChI is InChI=1S/C18H20O4/c19-15-5-7-16(8-6-15)20-10-2-1-3-14-4-9-17-18(13-14)22-12-11-21-17/h4-9,13,19H,1-3,10-12H2. The van der Waals surface area contributed by atoms with Crippen molar-refractivity contribution in [3.8, 4) is 23.0 Å². The molecule has 1 aliphatic heterocycles. The van der Waals surface area contributed by atoms with E-state index < -0.39 is 0 Å². The van der Waals surface area contributed by atoms with E-state index in [0.29, 0.717) is 19.8 Å². The van der Waals surface area contributed by atoms with Gasteiger partial charge in [0.05, 0.1) is 6.61 Å². The summed E-state index contributed by atoms with van der Waals surface area (Å²) < 4.78 is 16.7. The Labute approximate surface area is 130 Å². The van der Waals surface area contributed by atoms with Gasteiger partial charge in [-0.1, -0.05) is 6.07 Å². The molecule has 0 saturated heterocycles. The van der Waals surface area contributed by atoms with E-state index in [0.717, 1.165) is 36.5 Å². The van der Waals surface area contributed by atoms with Crippen molar-refractivity contribution in [3.63, 3.8) is 0 Å². The Bertz CT molecular complexity index is 607. The Hall–Kier alpha value is -2.36.